The molecule has 138 valence electrons. The highest BCUT2D eigenvalue weighted by Crippen LogP contribution is 2.28. The number of aromatic hydroxyl groups is 1. The van der Waals surface area contributed by atoms with Crippen LogP contribution in [0.5, 0.6) is 5.75 Å². The third-order valence-electron chi connectivity index (χ3n) is 3.60. The van der Waals surface area contributed by atoms with E-state index < -0.39 is 0 Å². The Kier molecular flexibility index (Phi) is 6.16. The van der Waals surface area contributed by atoms with Gasteiger partial charge in [0.25, 0.3) is 0 Å². The molecule has 1 heterocycles. The van der Waals surface area contributed by atoms with Gasteiger partial charge in [-0.3, -0.25) is 4.99 Å². The Bertz CT molecular complexity index is 1070. The fraction of sp³-hybridized carbons (Fsp3) is 0.100. The molecule has 0 atom stereocenters. The molecule has 3 rings (SSSR count). The van der Waals surface area contributed by atoms with Crippen molar-refractivity contribution in [2.45, 2.75) is 6.92 Å². The predicted octanol–water partition coefficient (Wildman–Crippen LogP) is 5.59. The normalized spacial score (nSPS) is 12.0. The lowest BCUT2D eigenvalue weighted by molar-refractivity contribution is 0.475. The van der Waals surface area contributed by atoms with E-state index in [-0.39, 0.29) is 5.75 Å². The summed E-state index contributed by atoms with van der Waals surface area (Å²) in [7, 11) is 0. The van der Waals surface area contributed by atoms with Gasteiger partial charge in [0.05, 0.1) is 28.5 Å². The molecule has 0 aliphatic heterocycles. The molecule has 0 radical (unpaired) electrons. The van der Waals surface area contributed by atoms with E-state index >= 15 is 0 Å². The lowest BCUT2D eigenvalue weighted by Gasteiger charge is -2.05. The van der Waals surface area contributed by atoms with Crippen molar-refractivity contribution in [3.8, 4) is 17.0 Å². The SMILES string of the molecule is C=C(C)CN=c1scc(-c2ccc(Cl)c(Cl)c2)n1N=Cc1ccc(O)cc1. The summed E-state index contributed by atoms with van der Waals surface area (Å²) in [5, 5.41) is 17.0. The monoisotopic (exact) mass is 417 g/mol. The summed E-state index contributed by atoms with van der Waals surface area (Å²) in [5.41, 5.74) is 3.57. The zero-order valence-electron chi connectivity index (χ0n) is 14.6. The molecule has 7 heteroatoms. The minimum absolute atomic E-state index is 0.212. The Morgan fingerprint density at radius 3 is 2.59 bits per heavy atom. The summed E-state index contributed by atoms with van der Waals surface area (Å²) in [5.74, 6) is 0.212. The average Bonchev–Trinajstić information content (AvgIpc) is 3.04. The number of hydrogen-bond acceptors (Lipinski definition) is 4. The van der Waals surface area contributed by atoms with E-state index in [4.69, 9.17) is 23.2 Å². The van der Waals surface area contributed by atoms with E-state index in [1.165, 1.54) is 11.3 Å². The van der Waals surface area contributed by atoms with Gasteiger partial charge < -0.3 is 5.11 Å². The van der Waals surface area contributed by atoms with Gasteiger partial charge in [-0.2, -0.15) is 5.10 Å². The minimum Gasteiger partial charge on any atom is -0.508 e. The highest BCUT2D eigenvalue weighted by molar-refractivity contribution is 7.07. The van der Waals surface area contributed by atoms with Gasteiger partial charge in [-0.25, -0.2) is 4.68 Å². The number of hydrogen-bond donors (Lipinski definition) is 1. The van der Waals surface area contributed by atoms with Gasteiger partial charge in [0.2, 0.25) is 4.80 Å². The van der Waals surface area contributed by atoms with Crippen LogP contribution in [-0.2, 0) is 0 Å². The zero-order valence-corrected chi connectivity index (χ0v) is 16.9. The minimum atomic E-state index is 0.212. The van der Waals surface area contributed by atoms with Crippen LogP contribution in [0.2, 0.25) is 10.0 Å². The average molecular weight is 418 g/mol. The molecule has 1 aromatic heterocycles. The van der Waals surface area contributed by atoms with E-state index in [2.05, 4.69) is 16.7 Å². The molecule has 0 saturated carbocycles. The van der Waals surface area contributed by atoms with Gasteiger partial charge in [-0.15, -0.1) is 11.3 Å². The van der Waals surface area contributed by atoms with Crippen LogP contribution in [0.4, 0.5) is 0 Å². The fourth-order valence-electron chi connectivity index (χ4n) is 2.26. The van der Waals surface area contributed by atoms with Gasteiger partial charge in [0, 0.05) is 10.9 Å². The summed E-state index contributed by atoms with van der Waals surface area (Å²) < 4.78 is 1.76. The smallest absolute Gasteiger partial charge is 0.206 e. The maximum absolute atomic E-state index is 9.42. The Balaban J connectivity index is 2.08. The van der Waals surface area contributed by atoms with E-state index in [1.807, 2.05) is 18.4 Å². The van der Waals surface area contributed by atoms with E-state index in [0.717, 1.165) is 27.2 Å². The molecule has 0 saturated heterocycles. The first-order chi connectivity index (χ1) is 12.9. The van der Waals surface area contributed by atoms with Crippen molar-refractivity contribution in [1.29, 1.82) is 0 Å². The molecule has 0 unspecified atom stereocenters. The fourth-order valence-corrected chi connectivity index (χ4v) is 3.40. The molecule has 0 spiro atoms. The van der Waals surface area contributed by atoms with Crippen molar-refractivity contribution >= 4 is 40.8 Å². The van der Waals surface area contributed by atoms with Gasteiger partial charge in [-0.05, 0) is 48.9 Å². The summed E-state index contributed by atoms with van der Waals surface area (Å²) >= 11 is 13.7. The Morgan fingerprint density at radius 2 is 1.93 bits per heavy atom. The zero-order chi connectivity index (χ0) is 19.4. The van der Waals surface area contributed by atoms with Crippen molar-refractivity contribution in [3.63, 3.8) is 0 Å². The predicted molar refractivity (Wildman–Crippen MR) is 114 cm³/mol. The number of aromatic nitrogens is 1. The highest BCUT2D eigenvalue weighted by atomic mass is 35.5. The van der Waals surface area contributed by atoms with E-state index in [9.17, 15) is 5.11 Å². The molecule has 2 aromatic carbocycles. The van der Waals surface area contributed by atoms with Crippen LogP contribution in [0.15, 0.2) is 70.1 Å². The lowest BCUT2D eigenvalue weighted by Crippen LogP contribution is -2.13. The molecule has 0 amide bonds. The Hall–Kier alpha value is -2.34. The Morgan fingerprint density at radius 1 is 1.19 bits per heavy atom. The first kappa shape index (κ1) is 19.4. The van der Waals surface area contributed by atoms with Crippen LogP contribution in [-0.4, -0.2) is 22.5 Å². The molecule has 1 N–H and O–H groups in total. The maximum atomic E-state index is 9.42. The van der Waals surface area contributed by atoms with Crippen LogP contribution in [0, 0.1) is 0 Å². The number of rotatable bonds is 5. The number of benzene rings is 2. The van der Waals surface area contributed by atoms with Crippen molar-refractivity contribution < 1.29 is 5.11 Å². The standard InChI is InChI=1S/C20H17Cl2N3OS/c1-13(2)10-23-20-25(24-11-14-3-6-16(26)7-4-14)19(12-27-20)15-5-8-17(21)18(22)9-15/h3-9,11-12,26H,1,10H2,2H3. The quantitative estimate of drug-likeness (QED) is 0.426. The highest BCUT2D eigenvalue weighted by Gasteiger charge is 2.09. The second kappa shape index (κ2) is 8.57. The summed E-state index contributed by atoms with van der Waals surface area (Å²) in [6, 6.07) is 12.3. The van der Waals surface area contributed by atoms with Crippen LogP contribution in [0.1, 0.15) is 12.5 Å². The summed E-state index contributed by atoms with van der Waals surface area (Å²) in [4.78, 5) is 5.33. The van der Waals surface area contributed by atoms with Crippen molar-refractivity contribution in [1.82, 2.24) is 4.68 Å². The van der Waals surface area contributed by atoms with Gasteiger partial charge >= 0.3 is 0 Å². The van der Waals surface area contributed by atoms with Crippen molar-refractivity contribution in [2.24, 2.45) is 10.1 Å². The molecular weight excluding hydrogens is 401 g/mol. The van der Waals surface area contributed by atoms with Crippen LogP contribution < -0.4 is 4.80 Å². The first-order valence-electron chi connectivity index (χ1n) is 8.08. The van der Waals surface area contributed by atoms with E-state index in [0.29, 0.717) is 16.6 Å². The van der Waals surface area contributed by atoms with Crippen molar-refractivity contribution in [2.75, 3.05) is 6.54 Å². The molecule has 27 heavy (non-hydrogen) atoms. The number of phenols is 1. The maximum Gasteiger partial charge on any atom is 0.206 e. The topological polar surface area (TPSA) is 49.9 Å². The van der Waals surface area contributed by atoms with Gasteiger partial charge in [0.15, 0.2) is 0 Å². The first-order valence-corrected chi connectivity index (χ1v) is 9.72. The molecule has 4 nitrogen and oxygen atoms in total. The largest absolute Gasteiger partial charge is 0.508 e. The second-order valence-electron chi connectivity index (χ2n) is 5.95. The number of thiazole rings is 1. The molecule has 0 fully saturated rings. The van der Waals surface area contributed by atoms with Crippen LogP contribution in [0.25, 0.3) is 11.3 Å². The third kappa shape index (κ3) is 4.89. The molecule has 0 aliphatic carbocycles. The van der Waals surface area contributed by atoms with Gasteiger partial charge in [-0.1, -0.05) is 41.4 Å². The number of nitrogens with zero attached hydrogens (tertiary/aromatic N) is 3. The molecule has 3 aromatic rings. The Labute approximate surface area is 171 Å². The molecular formula is C20H17Cl2N3OS. The summed E-state index contributed by atoms with van der Waals surface area (Å²) in [6.45, 7) is 6.35. The second-order valence-corrected chi connectivity index (χ2v) is 7.60. The third-order valence-corrected chi connectivity index (χ3v) is 5.19. The van der Waals surface area contributed by atoms with Crippen LogP contribution in [0.3, 0.4) is 0 Å². The molecule has 0 aliphatic rings. The summed E-state index contributed by atoms with van der Waals surface area (Å²) in [6.07, 6.45) is 1.72. The van der Waals surface area contributed by atoms with Crippen LogP contribution >= 0.6 is 34.5 Å². The van der Waals surface area contributed by atoms with Crippen molar-refractivity contribution in [3.05, 3.63) is 80.4 Å². The van der Waals surface area contributed by atoms with Gasteiger partial charge in [0.1, 0.15) is 5.75 Å². The molecule has 0 bridgehead atoms. The van der Waals surface area contributed by atoms with E-state index in [1.54, 1.807) is 47.3 Å². The number of phenolic OH excluding ortho intramolecular Hbond substituents is 1. The number of halogens is 2. The lowest BCUT2D eigenvalue weighted by atomic mass is 10.2.